The Bertz CT molecular complexity index is 1350. The number of hydrogen-bond acceptors (Lipinski definition) is 7. The highest BCUT2D eigenvalue weighted by Gasteiger charge is 2.33. The van der Waals surface area contributed by atoms with Gasteiger partial charge < -0.3 is 9.30 Å². The minimum Gasteiger partial charge on any atom is -0.461 e. The van der Waals surface area contributed by atoms with Crippen molar-refractivity contribution >= 4 is 27.8 Å². The van der Waals surface area contributed by atoms with Crippen molar-refractivity contribution in [3.63, 3.8) is 0 Å². The second kappa shape index (κ2) is 9.91. The molecule has 0 unspecified atom stereocenters. The van der Waals surface area contributed by atoms with Crippen LogP contribution in [0.5, 0.6) is 0 Å². The van der Waals surface area contributed by atoms with E-state index in [0.717, 1.165) is 24.2 Å². The van der Waals surface area contributed by atoms with E-state index in [-0.39, 0.29) is 17.5 Å². The van der Waals surface area contributed by atoms with Crippen LogP contribution in [0.3, 0.4) is 0 Å². The summed E-state index contributed by atoms with van der Waals surface area (Å²) in [6.45, 7) is 2.51. The summed E-state index contributed by atoms with van der Waals surface area (Å²) in [4.78, 5) is 17.5. The minimum atomic E-state index is -3.95. The number of carbonyl (C=O) groups is 1. The van der Waals surface area contributed by atoms with Crippen LogP contribution in [0, 0.1) is 11.5 Å². The van der Waals surface area contributed by atoms with Crippen molar-refractivity contribution < 1.29 is 17.9 Å². The molecular formula is C24H24N4O4S2. The predicted octanol–water partition coefficient (Wildman–Crippen LogP) is 4.13. The van der Waals surface area contributed by atoms with Gasteiger partial charge in [-0.15, -0.1) is 11.8 Å². The van der Waals surface area contributed by atoms with Gasteiger partial charge in [-0.1, -0.05) is 42.5 Å². The molecule has 1 aliphatic carbocycles. The minimum absolute atomic E-state index is 0.0316. The number of benzene rings is 2. The number of thioether (sulfide) groups is 1. The van der Waals surface area contributed by atoms with Gasteiger partial charge in [0.15, 0.2) is 11.9 Å². The predicted molar refractivity (Wildman–Crippen MR) is 129 cm³/mol. The summed E-state index contributed by atoms with van der Waals surface area (Å²) >= 11 is 1.43. The van der Waals surface area contributed by atoms with Crippen molar-refractivity contribution in [3.8, 4) is 17.3 Å². The SMILES string of the molecule is CCOC(=O)c1c(SC)nc(C2CC2)n1Cc1ccc(-c2ccccc2S(=O)(=O)NC#N)cc1. The zero-order chi connectivity index (χ0) is 24.3. The topological polar surface area (TPSA) is 114 Å². The first-order valence-electron chi connectivity index (χ1n) is 10.8. The molecule has 176 valence electrons. The number of sulfonamides is 1. The Morgan fingerprint density at radius 3 is 2.56 bits per heavy atom. The zero-order valence-electron chi connectivity index (χ0n) is 18.8. The van der Waals surface area contributed by atoms with Crippen molar-refractivity contribution in [2.75, 3.05) is 12.9 Å². The Labute approximate surface area is 203 Å². The Morgan fingerprint density at radius 1 is 1.24 bits per heavy atom. The van der Waals surface area contributed by atoms with Crippen molar-refractivity contribution in [3.05, 3.63) is 65.6 Å². The first kappa shape index (κ1) is 23.9. The first-order chi connectivity index (χ1) is 16.4. The highest BCUT2D eigenvalue weighted by Crippen LogP contribution is 2.41. The molecule has 8 nitrogen and oxygen atoms in total. The fourth-order valence-corrected chi connectivity index (χ4v) is 5.36. The van der Waals surface area contributed by atoms with Gasteiger partial charge in [-0.05, 0) is 43.2 Å². The second-order valence-corrected chi connectivity index (χ2v) is 10.3. The lowest BCUT2D eigenvalue weighted by Gasteiger charge is -2.13. The largest absolute Gasteiger partial charge is 0.461 e. The number of esters is 1. The molecule has 0 radical (unpaired) electrons. The number of aromatic nitrogens is 2. The van der Waals surface area contributed by atoms with Gasteiger partial charge in [0.05, 0.1) is 11.5 Å². The Balaban J connectivity index is 1.69. The Kier molecular flexibility index (Phi) is 6.95. The van der Waals surface area contributed by atoms with Crippen molar-refractivity contribution in [2.45, 2.75) is 42.1 Å². The lowest BCUT2D eigenvalue weighted by Crippen LogP contribution is -2.18. The summed E-state index contributed by atoms with van der Waals surface area (Å²) < 4.78 is 34.0. The van der Waals surface area contributed by atoms with Crippen LogP contribution in [0.1, 0.15) is 47.6 Å². The standard InChI is InChI=1S/C24H24N4O4S2/c1-3-32-24(29)21-23(33-2)27-22(18-12-13-18)28(21)14-16-8-10-17(11-9-16)19-6-4-5-7-20(19)34(30,31)26-15-25/h4-11,18,26H,3,12-14H2,1-2H3. The second-order valence-electron chi connectivity index (χ2n) is 7.82. The van der Waals surface area contributed by atoms with E-state index in [0.29, 0.717) is 34.3 Å². The molecule has 1 aromatic heterocycles. The maximum Gasteiger partial charge on any atom is 0.357 e. The van der Waals surface area contributed by atoms with Gasteiger partial charge in [-0.2, -0.15) is 5.26 Å². The molecule has 0 bridgehead atoms. The highest BCUT2D eigenvalue weighted by atomic mass is 32.2. The summed E-state index contributed by atoms with van der Waals surface area (Å²) in [5.74, 6) is 0.862. The lowest BCUT2D eigenvalue weighted by atomic mass is 10.0. The van der Waals surface area contributed by atoms with Crippen molar-refractivity contribution in [1.29, 1.82) is 5.26 Å². The average Bonchev–Trinajstić information content (AvgIpc) is 3.61. The van der Waals surface area contributed by atoms with E-state index < -0.39 is 10.0 Å². The molecule has 10 heteroatoms. The normalized spacial score (nSPS) is 13.3. The van der Waals surface area contributed by atoms with Gasteiger partial charge in [-0.25, -0.2) is 22.9 Å². The third kappa shape index (κ3) is 4.81. The van der Waals surface area contributed by atoms with Crippen LogP contribution in [-0.2, 0) is 21.3 Å². The summed E-state index contributed by atoms with van der Waals surface area (Å²) in [6.07, 6.45) is 5.48. The molecule has 1 aliphatic rings. The lowest BCUT2D eigenvalue weighted by molar-refractivity contribution is 0.0509. The molecular weight excluding hydrogens is 472 g/mol. The van der Waals surface area contributed by atoms with E-state index in [1.165, 1.54) is 24.0 Å². The molecule has 3 aromatic rings. The van der Waals surface area contributed by atoms with E-state index in [1.807, 2.05) is 39.8 Å². The molecule has 0 aliphatic heterocycles. The van der Waals surface area contributed by atoms with E-state index in [4.69, 9.17) is 15.0 Å². The van der Waals surface area contributed by atoms with E-state index in [2.05, 4.69) is 0 Å². The van der Waals surface area contributed by atoms with Crippen LogP contribution in [0.2, 0.25) is 0 Å². The smallest absolute Gasteiger partial charge is 0.357 e. The molecule has 34 heavy (non-hydrogen) atoms. The van der Waals surface area contributed by atoms with Crippen LogP contribution in [0.25, 0.3) is 11.1 Å². The third-order valence-electron chi connectivity index (χ3n) is 5.53. The third-order valence-corrected chi connectivity index (χ3v) is 7.50. The van der Waals surface area contributed by atoms with Gasteiger partial charge in [0, 0.05) is 18.0 Å². The number of hydrogen-bond donors (Lipinski definition) is 1. The highest BCUT2D eigenvalue weighted by molar-refractivity contribution is 7.98. The average molecular weight is 497 g/mol. The van der Waals surface area contributed by atoms with Crippen LogP contribution in [0.15, 0.2) is 58.5 Å². The van der Waals surface area contributed by atoms with Crippen LogP contribution < -0.4 is 4.72 Å². The quantitative estimate of drug-likeness (QED) is 0.205. The molecule has 0 saturated heterocycles. The van der Waals surface area contributed by atoms with Gasteiger partial charge in [0.2, 0.25) is 0 Å². The maximum atomic E-state index is 12.7. The number of nitrogens with one attached hydrogen (secondary N) is 1. The monoisotopic (exact) mass is 496 g/mol. The van der Waals surface area contributed by atoms with E-state index >= 15 is 0 Å². The fourth-order valence-electron chi connectivity index (χ4n) is 3.83. The van der Waals surface area contributed by atoms with E-state index in [9.17, 15) is 13.2 Å². The fraction of sp³-hybridized carbons (Fsp3) is 0.292. The summed E-state index contributed by atoms with van der Waals surface area (Å²) in [6, 6.07) is 14.0. The molecule has 1 N–H and O–H groups in total. The molecule has 0 spiro atoms. The number of rotatable bonds is 9. The summed E-state index contributed by atoms with van der Waals surface area (Å²) in [5, 5.41) is 9.47. The van der Waals surface area contributed by atoms with Crippen molar-refractivity contribution in [1.82, 2.24) is 14.3 Å². The summed E-state index contributed by atoms with van der Waals surface area (Å²) in [7, 11) is -3.95. The van der Waals surface area contributed by atoms with Gasteiger partial charge in [0.25, 0.3) is 10.0 Å². The molecule has 2 aromatic carbocycles. The van der Waals surface area contributed by atoms with Gasteiger partial charge >= 0.3 is 5.97 Å². The summed E-state index contributed by atoms with van der Waals surface area (Å²) in [5.41, 5.74) is 2.61. The van der Waals surface area contributed by atoms with E-state index in [1.54, 1.807) is 25.1 Å². The number of imidazole rings is 1. The van der Waals surface area contributed by atoms with Crippen LogP contribution in [-0.4, -0.2) is 36.8 Å². The molecule has 4 rings (SSSR count). The molecule has 1 fully saturated rings. The van der Waals surface area contributed by atoms with Crippen molar-refractivity contribution in [2.24, 2.45) is 0 Å². The first-order valence-corrected chi connectivity index (χ1v) is 13.5. The Hall–Kier alpha value is -3.29. The van der Waals surface area contributed by atoms with Gasteiger partial charge in [0.1, 0.15) is 10.9 Å². The molecule has 0 atom stereocenters. The number of ether oxygens (including phenoxy) is 1. The van der Waals surface area contributed by atoms with Crippen LogP contribution >= 0.6 is 11.8 Å². The zero-order valence-corrected chi connectivity index (χ0v) is 20.4. The molecule has 1 saturated carbocycles. The number of nitriles is 1. The maximum absolute atomic E-state index is 12.7. The van der Waals surface area contributed by atoms with Crippen LogP contribution in [0.4, 0.5) is 0 Å². The number of nitrogens with zero attached hydrogens (tertiary/aromatic N) is 3. The Morgan fingerprint density at radius 2 is 1.94 bits per heavy atom. The molecule has 0 amide bonds. The van der Waals surface area contributed by atoms with Gasteiger partial charge in [-0.3, -0.25) is 0 Å². The molecule has 1 heterocycles. The number of carbonyl (C=O) groups excluding carboxylic acids is 1.